The van der Waals surface area contributed by atoms with Crippen LogP contribution in [0.3, 0.4) is 0 Å². The number of hydrogen-bond donors (Lipinski definition) is 1. The predicted octanol–water partition coefficient (Wildman–Crippen LogP) is 0.826. The van der Waals surface area contributed by atoms with Crippen LogP contribution in [0.5, 0.6) is 0 Å². The number of nitrogens with two attached hydrogens (primary N) is 1. The maximum atomic E-state index is 5.18. The van der Waals surface area contributed by atoms with Crippen LogP contribution >= 0.6 is 0 Å². The zero-order valence-electron chi connectivity index (χ0n) is 5.78. The quantitative estimate of drug-likeness (QED) is 0.378. The van der Waals surface area contributed by atoms with Crippen LogP contribution in [0.25, 0.3) is 0 Å². The van der Waals surface area contributed by atoms with Crippen LogP contribution in [-0.4, -0.2) is 14.6 Å². The van der Waals surface area contributed by atoms with Gasteiger partial charge < -0.3 is 5.73 Å². The average molecular weight is 127 g/mol. The molecule has 0 heterocycles. The Morgan fingerprint density at radius 3 is 2.00 bits per heavy atom. The molecule has 0 fully saturated rings. The molecule has 0 saturated heterocycles. The SMILES string of the molecule is C[Si](C)(C)C#CCN. The molecule has 0 rings (SSSR count). The summed E-state index contributed by atoms with van der Waals surface area (Å²) in [4.78, 5) is 0. The summed E-state index contributed by atoms with van der Waals surface area (Å²) in [5, 5.41) is 0. The van der Waals surface area contributed by atoms with E-state index in [-0.39, 0.29) is 0 Å². The summed E-state index contributed by atoms with van der Waals surface area (Å²) < 4.78 is 0. The molecule has 0 aromatic heterocycles. The Kier molecular flexibility index (Phi) is 2.81. The van der Waals surface area contributed by atoms with Gasteiger partial charge in [-0.05, 0) is 0 Å². The second kappa shape index (κ2) is 2.90. The standard InChI is InChI=1S/C6H13NSi/c1-8(2,3)6-4-5-7/h5,7H2,1-3H3. The van der Waals surface area contributed by atoms with Crippen LogP contribution in [0.2, 0.25) is 19.6 Å². The topological polar surface area (TPSA) is 26.0 Å². The molecule has 0 amide bonds. The fourth-order valence-corrected chi connectivity index (χ4v) is 0.949. The lowest BCUT2D eigenvalue weighted by molar-refractivity contribution is 1.30. The van der Waals surface area contributed by atoms with E-state index >= 15 is 0 Å². The third-order valence-corrected chi connectivity index (χ3v) is 1.49. The first-order valence-electron chi connectivity index (χ1n) is 2.76. The highest BCUT2D eigenvalue weighted by molar-refractivity contribution is 6.83. The van der Waals surface area contributed by atoms with Crippen molar-refractivity contribution in [3.8, 4) is 11.5 Å². The summed E-state index contributed by atoms with van der Waals surface area (Å²) in [6, 6.07) is 0. The molecular weight excluding hydrogens is 114 g/mol. The van der Waals surface area contributed by atoms with E-state index in [1.807, 2.05) is 0 Å². The highest BCUT2D eigenvalue weighted by Gasteiger charge is 2.06. The number of hydrogen-bond acceptors (Lipinski definition) is 1. The Bertz CT molecular complexity index is 113. The Balaban J connectivity index is 3.69. The lowest BCUT2D eigenvalue weighted by atomic mass is 10.7. The lowest BCUT2D eigenvalue weighted by Gasteiger charge is -2.02. The van der Waals surface area contributed by atoms with Gasteiger partial charge in [0.2, 0.25) is 0 Å². The van der Waals surface area contributed by atoms with Crippen molar-refractivity contribution >= 4 is 8.07 Å². The smallest absolute Gasteiger partial charge is 0.129 e. The third kappa shape index (κ3) is 5.74. The highest BCUT2D eigenvalue weighted by Crippen LogP contribution is 1.95. The molecule has 0 aliphatic heterocycles. The van der Waals surface area contributed by atoms with Crippen LogP contribution in [-0.2, 0) is 0 Å². The normalized spacial score (nSPS) is 10.0. The zero-order chi connectivity index (χ0) is 6.62. The molecule has 2 heteroatoms. The summed E-state index contributed by atoms with van der Waals surface area (Å²) in [6.45, 7) is 7.12. The molecule has 2 N–H and O–H groups in total. The Morgan fingerprint density at radius 1 is 1.38 bits per heavy atom. The van der Waals surface area contributed by atoms with E-state index in [1.165, 1.54) is 0 Å². The van der Waals surface area contributed by atoms with Gasteiger partial charge in [0.1, 0.15) is 8.07 Å². The van der Waals surface area contributed by atoms with E-state index in [0.717, 1.165) is 0 Å². The van der Waals surface area contributed by atoms with Crippen LogP contribution in [0.15, 0.2) is 0 Å². The molecule has 0 aliphatic carbocycles. The van der Waals surface area contributed by atoms with Gasteiger partial charge >= 0.3 is 0 Å². The monoisotopic (exact) mass is 127 g/mol. The molecule has 0 spiro atoms. The molecule has 0 bridgehead atoms. The fraction of sp³-hybridized carbons (Fsp3) is 0.667. The van der Waals surface area contributed by atoms with Gasteiger partial charge in [-0.25, -0.2) is 0 Å². The molecule has 0 saturated carbocycles. The summed E-state index contributed by atoms with van der Waals surface area (Å²) in [6.07, 6.45) is 0. The van der Waals surface area contributed by atoms with Crippen molar-refractivity contribution < 1.29 is 0 Å². The lowest BCUT2D eigenvalue weighted by Crippen LogP contribution is -2.17. The van der Waals surface area contributed by atoms with Crippen LogP contribution < -0.4 is 5.73 Å². The van der Waals surface area contributed by atoms with E-state index in [1.54, 1.807) is 0 Å². The van der Waals surface area contributed by atoms with E-state index in [0.29, 0.717) is 6.54 Å². The fourth-order valence-electron chi connectivity index (χ4n) is 0.316. The minimum absolute atomic E-state index is 0.504. The molecule has 0 radical (unpaired) electrons. The number of rotatable bonds is 0. The van der Waals surface area contributed by atoms with E-state index in [2.05, 4.69) is 31.1 Å². The first-order chi connectivity index (χ1) is 3.56. The maximum Gasteiger partial charge on any atom is 0.129 e. The molecule has 0 aromatic rings. The largest absolute Gasteiger partial charge is 0.320 e. The van der Waals surface area contributed by atoms with E-state index < -0.39 is 8.07 Å². The molecule has 0 aliphatic rings. The minimum atomic E-state index is -1.12. The summed E-state index contributed by atoms with van der Waals surface area (Å²) >= 11 is 0. The van der Waals surface area contributed by atoms with Gasteiger partial charge in [-0.1, -0.05) is 25.6 Å². The van der Waals surface area contributed by atoms with Gasteiger partial charge in [-0.3, -0.25) is 0 Å². The molecule has 1 nitrogen and oxygen atoms in total. The minimum Gasteiger partial charge on any atom is -0.320 e. The highest BCUT2D eigenvalue weighted by atomic mass is 28.3. The van der Waals surface area contributed by atoms with Crippen LogP contribution in [0.4, 0.5) is 0 Å². The Hall–Kier alpha value is -0.263. The second-order valence-corrected chi connectivity index (χ2v) is 7.51. The first-order valence-corrected chi connectivity index (χ1v) is 6.26. The van der Waals surface area contributed by atoms with Crippen LogP contribution in [0.1, 0.15) is 0 Å². The van der Waals surface area contributed by atoms with Gasteiger partial charge in [0, 0.05) is 0 Å². The molecule has 0 atom stereocenters. The van der Waals surface area contributed by atoms with Crippen molar-refractivity contribution in [2.24, 2.45) is 5.73 Å². The zero-order valence-corrected chi connectivity index (χ0v) is 6.78. The predicted molar refractivity (Wildman–Crippen MR) is 40.2 cm³/mol. The molecule has 0 unspecified atom stereocenters. The van der Waals surface area contributed by atoms with Crippen molar-refractivity contribution in [3.63, 3.8) is 0 Å². The van der Waals surface area contributed by atoms with Gasteiger partial charge in [0.25, 0.3) is 0 Å². The molecule has 46 valence electrons. The molecule has 0 aromatic carbocycles. The van der Waals surface area contributed by atoms with Crippen molar-refractivity contribution in [1.82, 2.24) is 0 Å². The molecule has 8 heavy (non-hydrogen) atoms. The van der Waals surface area contributed by atoms with Crippen molar-refractivity contribution in [3.05, 3.63) is 0 Å². The average Bonchev–Trinajstić information content (AvgIpc) is 1.59. The first kappa shape index (κ1) is 7.74. The van der Waals surface area contributed by atoms with E-state index in [9.17, 15) is 0 Å². The molecular formula is C6H13NSi. The third-order valence-electron chi connectivity index (χ3n) is 0.565. The van der Waals surface area contributed by atoms with Crippen molar-refractivity contribution in [1.29, 1.82) is 0 Å². The van der Waals surface area contributed by atoms with Crippen molar-refractivity contribution in [2.45, 2.75) is 19.6 Å². The Labute approximate surface area is 52.3 Å². The Morgan fingerprint density at radius 2 is 1.88 bits per heavy atom. The van der Waals surface area contributed by atoms with Gasteiger partial charge in [-0.15, -0.1) is 5.54 Å². The van der Waals surface area contributed by atoms with Crippen LogP contribution in [0, 0.1) is 11.5 Å². The summed E-state index contributed by atoms with van der Waals surface area (Å²) in [5.74, 6) is 2.88. The van der Waals surface area contributed by atoms with Gasteiger partial charge in [0.05, 0.1) is 6.54 Å². The van der Waals surface area contributed by atoms with Gasteiger partial charge in [0.15, 0.2) is 0 Å². The van der Waals surface area contributed by atoms with Gasteiger partial charge in [-0.2, -0.15) is 0 Å². The van der Waals surface area contributed by atoms with Crippen molar-refractivity contribution in [2.75, 3.05) is 6.54 Å². The summed E-state index contributed by atoms with van der Waals surface area (Å²) in [5.41, 5.74) is 8.32. The second-order valence-electron chi connectivity index (χ2n) is 2.76. The maximum absolute atomic E-state index is 5.18. The summed E-state index contributed by atoms with van der Waals surface area (Å²) in [7, 11) is -1.12. The van der Waals surface area contributed by atoms with E-state index in [4.69, 9.17) is 5.73 Å².